The van der Waals surface area contributed by atoms with Crippen LogP contribution in [0.3, 0.4) is 0 Å². The highest BCUT2D eigenvalue weighted by atomic mass is 32.1. The summed E-state index contributed by atoms with van der Waals surface area (Å²) in [6, 6.07) is 0. The highest BCUT2D eigenvalue weighted by Crippen LogP contribution is 2.46. The van der Waals surface area contributed by atoms with Gasteiger partial charge in [0.2, 0.25) is 0 Å². The molecule has 20 heavy (non-hydrogen) atoms. The van der Waals surface area contributed by atoms with Crippen molar-refractivity contribution < 1.29 is 14.3 Å². The Labute approximate surface area is 122 Å². The van der Waals surface area contributed by atoms with Crippen LogP contribution in [-0.4, -0.2) is 23.7 Å². The summed E-state index contributed by atoms with van der Waals surface area (Å²) in [7, 11) is 0. The third-order valence-corrected chi connectivity index (χ3v) is 5.93. The van der Waals surface area contributed by atoms with E-state index in [-0.39, 0.29) is 18.2 Å². The fourth-order valence-corrected chi connectivity index (χ4v) is 4.71. The van der Waals surface area contributed by atoms with E-state index < -0.39 is 0 Å². The van der Waals surface area contributed by atoms with Crippen molar-refractivity contribution >= 4 is 17.3 Å². The van der Waals surface area contributed by atoms with Gasteiger partial charge in [-0.3, -0.25) is 0 Å². The molecule has 0 radical (unpaired) electrons. The Hall–Kier alpha value is -0.940. The summed E-state index contributed by atoms with van der Waals surface area (Å²) in [4.78, 5) is 17.2. The number of esters is 1. The highest BCUT2D eigenvalue weighted by Gasteiger charge is 2.42. The molecule has 108 valence electrons. The van der Waals surface area contributed by atoms with Crippen LogP contribution in [0.2, 0.25) is 0 Å². The summed E-state index contributed by atoms with van der Waals surface area (Å²) in [6.07, 6.45) is 8.84. The summed E-state index contributed by atoms with van der Waals surface area (Å²) < 4.78 is 11.3. The van der Waals surface area contributed by atoms with Gasteiger partial charge in [-0.25, -0.2) is 9.78 Å². The number of aromatic nitrogens is 1. The molecule has 2 saturated carbocycles. The molecule has 1 aromatic heterocycles. The van der Waals surface area contributed by atoms with Crippen LogP contribution >= 0.6 is 11.3 Å². The Bertz CT molecular complexity index is 509. The third-order valence-electron chi connectivity index (χ3n) is 4.86. The molecule has 4 nitrogen and oxygen atoms in total. The molecule has 2 heterocycles. The summed E-state index contributed by atoms with van der Waals surface area (Å²) in [6.45, 7) is 0.801. The predicted octanol–water partition coefficient (Wildman–Crippen LogP) is 3.34. The first-order valence-corrected chi connectivity index (χ1v) is 8.39. The molecule has 0 N–H and O–H groups in total. The van der Waals surface area contributed by atoms with Crippen LogP contribution in [0.5, 0.6) is 0 Å². The standard InChI is InChI=1S/C15H19NO3S/c17-15(19-12-7-9-3-4-10(12)6-9)13-8-16-14(20-13)11-2-1-5-18-11/h8-12H,1-7H2/t9-,10-,11-,12+/m0/s1. The van der Waals surface area contributed by atoms with E-state index in [4.69, 9.17) is 9.47 Å². The van der Waals surface area contributed by atoms with Gasteiger partial charge in [-0.1, -0.05) is 0 Å². The fourth-order valence-electron chi connectivity index (χ4n) is 3.83. The molecule has 1 aliphatic heterocycles. The topological polar surface area (TPSA) is 48.4 Å². The normalized spacial score (nSPS) is 35.6. The van der Waals surface area contributed by atoms with E-state index in [1.165, 1.54) is 30.6 Å². The number of nitrogens with zero attached hydrogens (tertiary/aromatic N) is 1. The summed E-state index contributed by atoms with van der Waals surface area (Å²) in [5, 5.41) is 0.919. The van der Waals surface area contributed by atoms with E-state index in [0.717, 1.165) is 36.8 Å². The van der Waals surface area contributed by atoms with E-state index in [1.54, 1.807) is 6.20 Å². The van der Waals surface area contributed by atoms with Gasteiger partial charge >= 0.3 is 5.97 Å². The van der Waals surface area contributed by atoms with Crippen LogP contribution in [0.25, 0.3) is 0 Å². The monoisotopic (exact) mass is 293 g/mol. The second-order valence-corrected chi connectivity index (χ2v) is 7.25. The van der Waals surface area contributed by atoms with Crippen LogP contribution in [0, 0.1) is 11.8 Å². The van der Waals surface area contributed by atoms with E-state index >= 15 is 0 Å². The van der Waals surface area contributed by atoms with Gasteiger partial charge in [0.05, 0.1) is 6.20 Å². The van der Waals surface area contributed by atoms with Crippen molar-refractivity contribution in [1.82, 2.24) is 4.98 Å². The van der Waals surface area contributed by atoms with Gasteiger partial charge in [-0.15, -0.1) is 11.3 Å². The van der Waals surface area contributed by atoms with E-state index in [2.05, 4.69) is 4.98 Å². The molecule has 0 amide bonds. The fraction of sp³-hybridized carbons (Fsp3) is 0.733. The van der Waals surface area contributed by atoms with Crippen LogP contribution in [-0.2, 0) is 9.47 Å². The lowest BCUT2D eigenvalue weighted by molar-refractivity contribution is 0.0164. The van der Waals surface area contributed by atoms with Gasteiger partial charge in [0, 0.05) is 6.61 Å². The molecule has 3 fully saturated rings. The molecule has 0 aromatic carbocycles. The van der Waals surface area contributed by atoms with E-state index in [9.17, 15) is 4.79 Å². The molecule has 4 atom stereocenters. The number of carbonyl (C=O) groups excluding carboxylic acids is 1. The van der Waals surface area contributed by atoms with Crippen molar-refractivity contribution in [2.45, 2.75) is 50.7 Å². The lowest BCUT2D eigenvalue weighted by Crippen LogP contribution is -2.23. The van der Waals surface area contributed by atoms with Crippen molar-refractivity contribution in [3.8, 4) is 0 Å². The van der Waals surface area contributed by atoms with Crippen molar-refractivity contribution in [3.05, 3.63) is 16.1 Å². The number of fused-ring (bicyclic) bond motifs is 2. The minimum atomic E-state index is -0.190. The average Bonchev–Trinajstić information content (AvgIpc) is 3.21. The lowest BCUT2D eigenvalue weighted by Gasteiger charge is -2.21. The van der Waals surface area contributed by atoms with Crippen LogP contribution in [0.4, 0.5) is 0 Å². The van der Waals surface area contributed by atoms with Crippen molar-refractivity contribution in [2.75, 3.05) is 6.61 Å². The number of hydrogen-bond donors (Lipinski definition) is 0. The van der Waals surface area contributed by atoms with Crippen molar-refractivity contribution in [1.29, 1.82) is 0 Å². The van der Waals surface area contributed by atoms with Crippen molar-refractivity contribution in [3.63, 3.8) is 0 Å². The van der Waals surface area contributed by atoms with Crippen molar-refractivity contribution in [2.24, 2.45) is 11.8 Å². The Balaban J connectivity index is 1.41. The Morgan fingerprint density at radius 2 is 2.30 bits per heavy atom. The maximum absolute atomic E-state index is 12.2. The first-order valence-electron chi connectivity index (χ1n) is 7.58. The maximum Gasteiger partial charge on any atom is 0.350 e. The van der Waals surface area contributed by atoms with Gasteiger partial charge in [-0.2, -0.15) is 0 Å². The minimum Gasteiger partial charge on any atom is -0.458 e. The Morgan fingerprint density at radius 3 is 3.00 bits per heavy atom. The molecule has 4 rings (SSSR count). The SMILES string of the molecule is O=C(O[C@@H]1C[C@H]2CC[C@H]1C2)c1cnc([C@@H]2CCCO2)s1. The molecule has 0 spiro atoms. The minimum absolute atomic E-state index is 0.0871. The summed E-state index contributed by atoms with van der Waals surface area (Å²) in [5.41, 5.74) is 0. The largest absolute Gasteiger partial charge is 0.458 e. The molecule has 3 aliphatic rings. The zero-order chi connectivity index (χ0) is 13.5. The first-order chi connectivity index (χ1) is 9.79. The first kappa shape index (κ1) is 12.8. The quantitative estimate of drug-likeness (QED) is 0.802. The Kier molecular flexibility index (Phi) is 3.27. The number of carbonyl (C=O) groups is 1. The number of ether oxygens (including phenoxy) is 2. The molecule has 5 heteroatoms. The van der Waals surface area contributed by atoms with E-state index in [1.807, 2.05) is 0 Å². The van der Waals surface area contributed by atoms with Crippen LogP contribution in [0.15, 0.2) is 6.20 Å². The molecule has 1 saturated heterocycles. The van der Waals surface area contributed by atoms with Gasteiger partial charge in [-0.05, 0) is 50.4 Å². The second kappa shape index (κ2) is 5.11. The molecule has 0 unspecified atom stereocenters. The maximum atomic E-state index is 12.2. The summed E-state index contributed by atoms with van der Waals surface area (Å²) >= 11 is 1.43. The van der Waals surface area contributed by atoms with Gasteiger partial charge < -0.3 is 9.47 Å². The smallest absolute Gasteiger partial charge is 0.350 e. The molecular formula is C15H19NO3S. The highest BCUT2D eigenvalue weighted by molar-refractivity contribution is 7.13. The molecular weight excluding hydrogens is 274 g/mol. The predicted molar refractivity (Wildman–Crippen MR) is 74.7 cm³/mol. The summed E-state index contributed by atoms with van der Waals surface area (Å²) in [5.74, 6) is 1.21. The number of rotatable bonds is 3. The lowest BCUT2D eigenvalue weighted by atomic mass is 9.98. The second-order valence-electron chi connectivity index (χ2n) is 6.18. The zero-order valence-electron chi connectivity index (χ0n) is 11.4. The van der Waals surface area contributed by atoms with E-state index in [0.29, 0.717) is 10.8 Å². The van der Waals surface area contributed by atoms with Crippen LogP contribution < -0.4 is 0 Å². The molecule has 2 bridgehead atoms. The van der Waals surface area contributed by atoms with Crippen LogP contribution in [0.1, 0.15) is 59.3 Å². The third kappa shape index (κ3) is 2.27. The number of thiazole rings is 1. The van der Waals surface area contributed by atoms with Gasteiger partial charge in [0.1, 0.15) is 22.1 Å². The van der Waals surface area contributed by atoms with Gasteiger partial charge in [0.25, 0.3) is 0 Å². The zero-order valence-corrected chi connectivity index (χ0v) is 12.2. The average molecular weight is 293 g/mol. The van der Waals surface area contributed by atoms with Gasteiger partial charge in [0.15, 0.2) is 0 Å². The number of hydrogen-bond acceptors (Lipinski definition) is 5. The molecule has 1 aromatic rings. The molecule has 2 aliphatic carbocycles. The Morgan fingerprint density at radius 1 is 1.35 bits per heavy atom.